The molecule has 0 aliphatic heterocycles. The van der Waals surface area contributed by atoms with Crippen LogP contribution in [0.15, 0.2) is 24.3 Å². The van der Waals surface area contributed by atoms with E-state index in [1.165, 1.54) is 5.56 Å². The minimum atomic E-state index is -0.548. The quantitative estimate of drug-likeness (QED) is 0.636. The van der Waals surface area contributed by atoms with Crippen LogP contribution in [0.1, 0.15) is 38.2 Å². The van der Waals surface area contributed by atoms with Gasteiger partial charge in [-0.3, -0.25) is 4.79 Å². The van der Waals surface area contributed by atoms with Crippen molar-refractivity contribution in [3.8, 4) is 5.75 Å². The van der Waals surface area contributed by atoms with E-state index in [-0.39, 0.29) is 17.9 Å². The first-order chi connectivity index (χ1) is 11.1. The van der Waals surface area contributed by atoms with Gasteiger partial charge in [-0.1, -0.05) is 25.1 Å². The number of nitrogens with two attached hydrogens (primary N) is 1. The maximum absolute atomic E-state index is 12.1. The van der Waals surface area contributed by atoms with Crippen LogP contribution in [-0.2, 0) is 11.2 Å². The number of rotatable bonds is 8. The number of amides is 1. The Morgan fingerprint density at radius 3 is 2.87 bits per heavy atom. The van der Waals surface area contributed by atoms with Crippen LogP contribution in [0, 0.1) is 5.92 Å². The third kappa shape index (κ3) is 5.22. The Balaban J connectivity index is 1.72. The van der Waals surface area contributed by atoms with Gasteiger partial charge in [0.25, 0.3) is 0 Å². The standard InChI is InChI=1S/C18H28N2O3/c1-2-10-23-17-8-4-3-6-13(17)7-5-9-20-18(22)14-11-15(19)16(21)12-14/h3-4,6,8,14-16,21H,2,5,7,9-12,19H2,1H3,(H,20,22)/t14-,15+,16+/m0/s1. The molecule has 2 rings (SSSR count). The number of para-hydroxylation sites is 1. The molecule has 0 saturated heterocycles. The molecule has 1 amide bonds. The molecule has 5 nitrogen and oxygen atoms in total. The Morgan fingerprint density at radius 2 is 2.17 bits per heavy atom. The summed E-state index contributed by atoms with van der Waals surface area (Å²) in [5.74, 6) is 0.790. The number of hydrogen-bond acceptors (Lipinski definition) is 4. The van der Waals surface area contributed by atoms with E-state index >= 15 is 0 Å². The zero-order valence-electron chi connectivity index (χ0n) is 13.8. The van der Waals surface area contributed by atoms with Crippen molar-refractivity contribution in [1.29, 1.82) is 0 Å². The van der Waals surface area contributed by atoms with Gasteiger partial charge in [0.2, 0.25) is 5.91 Å². The lowest BCUT2D eigenvalue weighted by molar-refractivity contribution is -0.125. The number of carbonyl (C=O) groups excluding carboxylic acids is 1. The van der Waals surface area contributed by atoms with Crippen molar-refractivity contribution in [2.75, 3.05) is 13.2 Å². The highest BCUT2D eigenvalue weighted by molar-refractivity contribution is 5.79. The largest absolute Gasteiger partial charge is 0.493 e. The first-order valence-electron chi connectivity index (χ1n) is 8.54. The zero-order valence-corrected chi connectivity index (χ0v) is 13.8. The van der Waals surface area contributed by atoms with Crippen molar-refractivity contribution in [2.24, 2.45) is 11.7 Å². The molecule has 0 heterocycles. The first-order valence-corrected chi connectivity index (χ1v) is 8.54. The van der Waals surface area contributed by atoms with Crippen LogP contribution >= 0.6 is 0 Å². The van der Waals surface area contributed by atoms with E-state index in [9.17, 15) is 9.90 Å². The topological polar surface area (TPSA) is 84.6 Å². The fraction of sp³-hybridized carbons (Fsp3) is 0.611. The summed E-state index contributed by atoms with van der Waals surface area (Å²) in [7, 11) is 0. The van der Waals surface area contributed by atoms with Gasteiger partial charge in [0.05, 0.1) is 12.7 Å². The molecule has 4 N–H and O–H groups in total. The van der Waals surface area contributed by atoms with Crippen molar-refractivity contribution in [3.05, 3.63) is 29.8 Å². The van der Waals surface area contributed by atoms with E-state index in [0.29, 0.717) is 19.4 Å². The molecule has 1 fully saturated rings. The van der Waals surface area contributed by atoms with Gasteiger partial charge in [0, 0.05) is 18.5 Å². The van der Waals surface area contributed by atoms with Gasteiger partial charge in [0.1, 0.15) is 5.75 Å². The van der Waals surface area contributed by atoms with Crippen molar-refractivity contribution in [1.82, 2.24) is 5.32 Å². The van der Waals surface area contributed by atoms with Gasteiger partial charge >= 0.3 is 0 Å². The monoisotopic (exact) mass is 320 g/mol. The third-order valence-corrected chi connectivity index (χ3v) is 4.30. The van der Waals surface area contributed by atoms with E-state index in [2.05, 4.69) is 18.3 Å². The molecule has 1 aromatic carbocycles. The van der Waals surface area contributed by atoms with Gasteiger partial charge in [-0.2, -0.15) is 0 Å². The molecule has 0 bridgehead atoms. The van der Waals surface area contributed by atoms with Crippen molar-refractivity contribution < 1.29 is 14.6 Å². The maximum atomic E-state index is 12.1. The molecule has 1 saturated carbocycles. The lowest BCUT2D eigenvalue weighted by atomic mass is 10.1. The van der Waals surface area contributed by atoms with Gasteiger partial charge in [-0.05, 0) is 43.7 Å². The van der Waals surface area contributed by atoms with Crippen LogP contribution in [-0.4, -0.2) is 36.3 Å². The van der Waals surface area contributed by atoms with Gasteiger partial charge in [0.15, 0.2) is 0 Å². The van der Waals surface area contributed by atoms with Gasteiger partial charge in [-0.15, -0.1) is 0 Å². The van der Waals surface area contributed by atoms with Crippen LogP contribution in [0.5, 0.6) is 5.75 Å². The van der Waals surface area contributed by atoms with Crippen LogP contribution in [0.25, 0.3) is 0 Å². The van der Waals surface area contributed by atoms with Crippen molar-refractivity contribution in [2.45, 2.75) is 51.2 Å². The Morgan fingerprint density at radius 1 is 1.39 bits per heavy atom. The van der Waals surface area contributed by atoms with Crippen molar-refractivity contribution >= 4 is 5.91 Å². The number of aryl methyl sites for hydroxylation is 1. The molecule has 1 aromatic rings. The lowest BCUT2D eigenvalue weighted by Crippen LogP contribution is -2.31. The molecule has 5 heteroatoms. The highest BCUT2D eigenvalue weighted by atomic mass is 16.5. The third-order valence-electron chi connectivity index (χ3n) is 4.30. The second-order valence-corrected chi connectivity index (χ2v) is 6.25. The summed E-state index contributed by atoms with van der Waals surface area (Å²) in [4.78, 5) is 12.1. The Kier molecular flexibility index (Phi) is 6.86. The predicted molar refractivity (Wildman–Crippen MR) is 90.3 cm³/mol. The Hall–Kier alpha value is -1.59. The minimum absolute atomic E-state index is 0.00696. The molecule has 128 valence electrons. The van der Waals surface area contributed by atoms with E-state index in [1.807, 2.05) is 18.2 Å². The molecule has 0 radical (unpaired) electrons. The number of benzene rings is 1. The number of hydrogen-bond donors (Lipinski definition) is 3. The number of aliphatic hydroxyl groups is 1. The molecule has 3 atom stereocenters. The summed E-state index contributed by atoms with van der Waals surface area (Å²) < 4.78 is 5.74. The molecule has 0 spiro atoms. The van der Waals surface area contributed by atoms with E-state index in [4.69, 9.17) is 10.5 Å². The van der Waals surface area contributed by atoms with E-state index in [0.717, 1.165) is 31.6 Å². The summed E-state index contributed by atoms with van der Waals surface area (Å²) in [6.45, 7) is 3.44. The maximum Gasteiger partial charge on any atom is 0.223 e. The highest BCUT2D eigenvalue weighted by Gasteiger charge is 2.34. The first kappa shape index (κ1) is 17.8. The second kappa shape index (κ2) is 8.89. The Labute approximate surface area is 138 Å². The average Bonchev–Trinajstić information content (AvgIpc) is 2.89. The predicted octanol–water partition coefficient (Wildman–Crippen LogP) is 1.62. The van der Waals surface area contributed by atoms with Crippen LogP contribution < -0.4 is 15.8 Å². The van der Waals surface area contributed by atoms with E-state index < -0.39 is 6.10 Å². The summed E-state index contributed by atoms with van der Waals surface area (Å²) in [5.41, 5.74) is 6.92. The number of aliphatic hydroxyl groups excluding tert-OH is 1. The van der Waals surface area contributed by atoms with Gasteiger partial charge < -0.3 is 20.9 Å². The summed E-state index contributed by atoms with van der Waals surface area (Å²) in [5, 5.41) is 12.6. The van der Waals surface area contributed by atoms with Crippen LogP contribution in [0.3, 0.4) is 0 Å². The molecule has 23 heavy (non-hydrogen) atoms. The number of ether oxygens (including phenoxy) is 1. The molecule has 1 aliphatic carbocycles. The molecular weight excluding hydrogens is 292 g/mol. The SMILES string of the molecule is CCCOc1ccccc1CCCNC(=O)[C@H]1C[C@@H](N)[C@H](O)C1. The van der Waals surface area contributed by atoms with Crippen LogP contribution in [0.2, 0.25) is 0 Å². The fourth-order valence-electron chi connectivity index (χ4n) is 2.96. The zero-order chi connectivity index (χ0) is 16.7. The van der Waals surface area contributed by atoms with Crippen LogP contribution in [0.4, 0.5) is 0 Å². The second-order valence-electron chi connectivity index (χ2n) is 6.25. The highest BCUT2D eigenvalue weighted by Crippen LogP contribution is 2.25. The van der Waals surface area contributed by atoms with E-state index in [1.54, 1.807) is 0 Å². The average molecular weight is 320 g/mol. The molecule has 0 aromatic heterocycles. The summed E-state index contributed by atoms with van der Waals surface area (Å²) >= 11 is 0. The molecule has 0 unspecified atom stereocenters. The fourth-order valence-corrected chi connectivity index (χ4v) is 2.96. The van der Waals surface area contributed by atoms with Gasteiger partial charge in [-0.25, -0.2) is 0 Å². The lowest BCUT2D eigenvalue weighted by Gasteiger charge is -2.12. The number of nitrogens with one attached hydrogen (secondary N) is 1. The van der Waals surface area contributed by atoms with Crippen molar-refractivity contribution in [3.63, 3.8) is 0 Å². The molecular formula is C18H28N2O3. The summed E-state index contributed by atoms with van der Waals surface area (Å²) in [6, 6.07) is 7.77. The number of carbonyl (C=O) groups is 1. The normalized spacial score (nSPS) is 23.7. The Bertz CT molecular complexity index is 497. The molecule has 1 aliphatic rings. The minimum Gasteiger partial charge on any atom is -0.493 e. The smallest absolute Gasteiger partial charge is 0.223 e. The summed E-state index contributed by atoms with van der Waals surface area (Å²) in [6.07, 6.45) is 3.21.